The third kappa shape index (κ3) is 3.18. The standard InChI is InChI=1S/C12H16ClN3O4S/c1-14-8-10-3-2-6-15(10)21(19,20)12-7-9(16(17)18)4-5-11(12)13/h4-5,7,10,14H,2-3,6,8H2,1H3. The second-order valence-corrected chi connectivity index (χ2v) is 7.11. The van der Waals surface area contributed by atoms with E-state index in [2.05, 4.69) is 5.32 Å². The smallest absolute Gasteiger partial charge is 0.270 e. The highest BCUT2D eigenvalue weighted by Gasteiger charge is 2.36. The third-order valence-electron chi connectivity index (χ3n) is 3.48. The SMILES string of the molecule is CNCC1CCCN1S(=O)(=O)c1cc([N+](=O)[O-])ccc1Cl. The van der Waals surface area contributed by atoms with Gasteiger partial charge in [0.1, 0.15) is 4.90 Å². The minimum absolute atomic E-state index is 0.00397. The van der Waals surface area contributed by atoms with Crippen LogP contribution in [-0.2, 0) is 10.0 Å². The highest BCUT2D eigenvalue weighted by Crippen LogP contribution is 2.32. The van der Waals surface area contributed by atoms with Crippen molar-refractivity contribution in [3.8, 4) is 0 Å². The average Bonchev–Trinajstić information content (AvgIpc) is 2.88. The lowest BCUT2D eigenvalue weighted by Gasteiger charge is -2.24. The number of nitrogens with zero attached hydrogens (tertiary/aromatic N) is 2. The number of nitro benzene ring substituents is 1. The van der Waals surface area contributed by atoms with Gasteiger partial charge in [0, 0.05) is 31.3 Å². The van der Waals surface area contributed by atoms with Crippen LogP contribution in [0.2, 0.25) is 5.02 Å². The van der Waals surface area contributed by atoms with Crippen molar-refractivity contribution in [3.63, 3.8) is 0 Å². The van der Waals surface area contributed by atoms with Gasteiger partial charge in [0.25, 0.3) is 5.69 Å². The van der Waals surface area contributed by atoms with Crippen LogP contribution in [0, 0.1) is 10.1 Å². The van der Waals surface area contributed by atoms with E-state index in [9.17, 15) is 18.5 Å². The van der Waals surface area contributed by atoms with Crippen LogP contribution in [0.5, 0.6) is 0 Å². The van der Waals surface area contributed by atoms with Gasteiger partial charge in [-0.1, -0.05) is 11.6 Å². The summed E-state index contributed by atoms with van der Waals surface area (Å²) in [4.78, 5) is 9.98. The normalized spacial score (nSPS) is 19.8. The first-order valence-corrected chi connectivity index (χ1v) is 8.30. The summed E-state index contributed by atoms with van der Waals surface area (Å²) < 4.78 is 26.8. The molecule has 0 bridgehead atoms. The van der Waals surface area contributed by atoms with Crippen LogP contribution in [0.25, 0.3) is 0 Å². The first kappa shape index (κ1) is 16.2. The molecule has 21 heavy (non-hydrogen) atoms. The molecule has 0 radical (unpaired) electrons. The number of sulfonamides is 1. The van der Waals surface area contributed by atoms with Gasteiger partial charge in [-0.2, -0.15) is 4.31 Å². The van der Waals surface area contributed by atoms with Gasteiger partial charge in [0.2, 0.25) is 10.0 Å². The first-order valence-electron chi connectivity index (χ1n) is 6.48. The van der Waals surface area contributed by atoms with E-state index < -0.39 is 14.9 Å². The number of hydrogen-bond donors (Lipinski definition) is 1. The van der Waals surface area contributed by atoms with Crippen molar-refractivity contribution in [1.82, 2.24) is 9.62 Å². The Morgan fingerprint density at radius 2 is 2.24 bits per heavy atom. The zero-order valence-electron chi connectivity index (χ0n) is 11.5. The van der Waals surface area contributed by atoms with Gasteiger partial charge in [-0.3, -0.25) is 10.1 Å². The molecule has 1 saturated heterocycles. The predicted molar refractivity (Wildman–Crippen MR) is 78.9 cm³/mol. The highest BCUT2D eigenvalue weighted by molar-refractivity contribution is 7.89. The maximum absolute atomic E-state index is 12.7. The van der Waals surface area contributed by atoms with Crippen LogP contribution in [0.3, 0.4) is 0 Å². The molecule has 0 amide bonds. The van der Waals surface area contributed by atoms with Crippen LogP contribution >= 0.6 is 11.6 Å². The molecular formula is C12H16ClN3O4S. The quantitative estimate of drug-likeness (QED) is 0.653. The molecule has 0 aromatic heterocycles. The van der Waals surface area contributed by atoms with E-state index in [0.717, 1.165) is 18.9 Å². The zero-order chi connectivity index (χ0) is 15.6. The van der Waals surface area contributed by atoms with Crippen LogP contribution in [0.4, 0.5) is 5.69 Å². The van der Waals surface area contributed by atoms with E-state index in [-0.39, 0.29) is 21.6 Å². The Morgan fingerprint density at radius 3 is 2.86 bits per heavy atom. The molecule has 7 nitrogen and oxygen atoms in total. The second kappa shape index (κ2) is 6.27. The Labute approximate surface area is 128 Å². The minimum atomic E-state index is -3.84. The van der Waals surface area contributed by atoms with E-state index in [1.165, 1.54) is 16.4 Å². The average molecular weight is 334 g/mol. The molecule has 1 atom stereocenters. The number of halogens is 1. The molecule has 1 aromatic carbocycles. The van der Waals surface area contributed by atoms with E-state index in [0.29, 0.717) is 13.1 Å². The molecule has 116 valence electrons. The molecular weight excluding hydrogens is 318 g/mol. The predicted octanol–water partition coefficient (Wildman–Crippen LogP) is 1.62. The van der Waals surface area contributed by atoms with Gasteiger partial charge in [0.05, 0.1) is 9.95 Å². The minimum Gasteiger partial charge on any atom is -0.318 e. The topological polar surface area (TPSA) is 92.6 Å². The monoisotopic (exact) mass is 333 g/mol. The summed E-state index contributed by atoms with van der Waals surface area (Å²) in [6, 6.07) is 3.30. The van der Waals surface area contributed by atoms with E-state index in [1.54, 1.807) is 7.05 Å². The summed E-state index contributed by atoms with van der Waals surface area (Å²) in [6.07, 6.45) is 1.52. The highest BCUT2D eigenvalue weighted by atomic mass is 35.5. The van der Waals surface area contributed by atoms with Crippen molar-refractivity contribution in [2.45, 2.75) is 23.8 Å². The molecule has 9 heteroatoms. The molecule has 0 aliphatic carbocycles. The fourth-order valence-corrected chi connectivity index (χ4v) is 4.68. The number of rotatable bonds is 5. The molecule has 1 unspecified atom stereocenters. The first-order chi connectivity index (χ1) is 9.87. The molecule has 1 aliphatic heterocycles. The Hall–Kier alpha value is -1.22. The molecule has 1 aliphatic rings. The van der Waals surface area contributed by atoms with Crippen LogP contribution < -0.4 is 5.32 Å². The van der Waals surface area contributed by atoms with Gasteiger partial charge < -0.3 is 5.32 Å². The lowest BCUT2D eigenvalue weighted by molar-refractivity contribution is -0.385. The maximum Gasteiger partial charge on any atom is 0.270 e. The Balaban J connectivity index is 2.44. The van der Waals surface area contributed by atoms with Crippen molar-refractivity contribution < 1.29 is 13.3 Å². The number of benzene rings is 1. The van der Waals surface area contributed by atoms with Gasteiger partial charge in [-0.05, 0) is 26.0 Å². The molecule has 1 heterocycles. The van der Waals surface area contributed by atoms with Crippen molar-refractivity contribution in [2.24, 2.45) is 0 Å². The van der Waals surface area contributed by atoms with E-state index in [1.807, 2.05) is 0 Å². The third-order valence-corrected chi connectivity index (χ3v) is 5.91. The molecule has 1 aromatic rings. The van der Waals surface area contributed by atoms with Crippen LogP contribution in [0.15, 0.2) is 23.1 Å². The second-order valence-electron chi connectivity index (χ2n) is 4.84. The Kier molecular flexibility index (Phi) is 4.82. The van der Waals surface area contributed by atoms with Gasteiger partial charge in [-0.15, -0.1) is 0 Å². The summed E-state index contributed by atoms with van der Waals surface area (Å²) in [5.41, 5.74) is -0.290. The molecule has 0 spiro atoms. The summed E-state index contributed by atoms with van der Waals surface area (Å²) in [7, 11) is -2.09. The lowest BCUT2D eigenvalue weighted by Crippen LogP contribution is -2.40. The number of hydrogen-bond acceptors (Lipinski definition) is 5. The van der Waals surface area contributed by atoms with Crippen molar-refractivity contribution in [2.75, 3.05) is 20.1 Å². The Bertz CT molecular complexity index is 650. The lowest BCUT2D eigenvalue weighted by atomic mass is 10.2. The largest absolute Gasteiger partial charge is 0.318 e. The number of nitrogens with one attached hydrogen (secondary N) is 1. The van der Waals surface area contributed by atoms with Crippen molar-refractivity contribution in [1.29, 1.82) is 0 Å². The van der Waals surface area contributed by atoms with Gasteiger partial charge in [-0.25, -0.2) is 8.42 Å². The molecule has 1 N–H and O–H groups in total. The summed E-state index contributed by atoms with van der Waals surface area (Å²) in [6.45, 7) is 0.930. The van der Waals surface area contributed by atoms with Crippen molar-refractivity contribution >= 4 is 27.3 Å². The summed E-state index contributed by atoms with van der Waals surface area (Å²) in [5, 5.41) is 13.8. The fourth-order valence-electron chi connectivity index (χ4n) is 2.49. The summed E-state index contributed by atoms with van der Waals surface area (Å²) >= 11 is 5.94. The van der Waals surface area contributed by atoms with Gasteiger partial charge >= 0.3 is 0 Å². The number of nitro groups is 1. The van der Waals surface area contributed by atoms with Crippen molar-refractivity contribution in [3.05, 3.63) is 33.3 Å². The molecule has 2 rings (SSSR count). The van der Waals surface area contributed by atoms with Crippen LogP contribution in [-0.4, -0.2) is 43.8 Å². The van der Waals surface area contributed by atoms with E-state index in [4.69, 9.17) is 11.6 Å². The molecule has 0 saturated carbocycles. The molecule has 1 fully saturated rings. The van der Waals surface area contributed by atoms with Gasteiger partial charge in [0.15, 0.2) is 0 Å². The summed E-state index contributed by atoms with van der Waals surface area (Å²) in [5.74, 6) is 0. The maximum atomic E-state index is 12.7. The number of non-ortho nitro benzene ring substituents is 1. The number of likely N-dealkylation sites (N-methyl/N-ethyl adjacent to an activating group) is 1. The fraction of sp³-hybridized carbons (Fsp3) is 0.500. The Morgan fingerprint density at radius 1 is 1.52 bits per heavy atom. The van der Waals surface area contributed by atoms with Crippen LogP contribution in [0.1, 0.15) is 12.8 Å². The zero-order valence-corrected chi connectivity index (χ0v) is 13.0. The van der Waals surface area contributed by atoms with E-state index >= 15 is 0 Å².